The number of carbonyl (C=O) groups is 1. The zero-order valence-electron chi connectivity index (χ0n) is 13.8. The van der Waals surface area contributed by atoms with Gasteiger partial charge < -0.3 is 15.4 Å². The predicted molar refractivity (Wildman–Crippen MR) is 92.2 cm³/mol. The topological polar surface area (TPSA) is 81.3 Å². The minimum absolute atomic E-state index is 0.214. The summed E-state index contributed by atoms with van der Waals surface area (Å²) in [5, 5.41) is 0. The number of primary amides is 1. The number of hydrogen-bond acceptors (Lipinski definition) is 5. The summed E-state index contributed by atoms with van der Waals surface area (Å²) < 4.78 is 5.29. The van der Waals surface area contributed by atoms with Crippen molar-refractivity contribution in [2.75, 3.05) is 25.1 Å². The Hall–Kier alpha value is -2.63. The van der Waals surface area contributed by atoms with Crippen LogP contribution in [0.5, 0.6) is 5.75 Å². The van der Waals surface area contributed by atoms with Crippen LogP contribution in [-0.4, -0.2) is 36.1 Å². The number of nitrogens with two attached hydrogens (primary N) is 1. The largest absolute Gasteiger partial charge is 0.497 e. The molecule has 1 aromatic heterocycles. The van der Waals surface area contributed by atoms with E-state index in [1.54, 1.807) is 13.3 Å². The number of methoxy groups -OCH3 is 1. The standard InChI is InChI=1S/C18H22N4O2/c1-24-15-4-2-3-14(10-15)9-13-5-7-22(8-6-13)17-12-20-11-16(21-17)18(19)23/h2-4,10-13H,5-9H2,1H3,(H2,19,23). The monoisotopic (exact) mass is 326 g/mol. The Labute approximate surface area is 141 Å². The second-order valence-corrected chi connectivity index (χ2v) is 6.11. The lowest BCUT2D eigenvalue weighted by atomic mass is 9.90. The third-order valence-corrected chi connectivity index (χ3v) is 4.47. The highest BCUT2D eigenvalue weighted by atomic mass is 16.5. The van der Waals surface area contributed by atoms with Crippen molar-refractivity contribution in [2.45, 2.75) is 19.3 Å². The van der Waals surface area contributed by atoms with E-state index in [4.69, 9.17) is 10.5 Å². The number of rotatable bonds is 5. The van der Waals surface area contributed by atoms with Crippen LogP contribution < -0.4 is 15.4 Å². The van der Waals surface area contributed by atoms with Gasteiger partial charge in [0.1, 0.15) is 17.3 Å². The smallest absolute Gasteiger partial charge is 0.268 e. The van der Waals surface area contributed by atoms with E-state index in [9.17, 15) is 4.79 Å². The minimum atomic E-state index is -0.544. The van der Waals surface area contributed by atoms with Gasteiger partial charge in [-0.15, -0.1) is 0 Å². The van der Waals surface area contributed by atoms with E-state index in [0.717, 1.165) is 43.9 Å². The Kier molecular flexibility index (Phi) is 4.93. The third-order valence-electron chi connectivity index (χ3n) is 4.47. The fourth-order valence-electron chi connectivity index (χ4n) is 3.13. The van der Waals surface area contributed by atoms with Gasteiger partial charge in [0.2, 0.25) is 0 Å². The van der Waals surface area contributed by atoms with Gasteiger partial charge in [0.25, 0.3) is 5.91 Å². The molecule has 0 unspecified atom stereocenters. The van der Waals surface area contributed by atoms with E-state index in [-0.39, 0.29) is 5.69 Å². The molecule has 0 bridgehead atoms. The molecule has 2 aromatic rings. The van der Waals surface area contributed by atoms with E-state index in [0.29, 0.717) is 5.92 Å². The maximum Gasteiger partial charge on any atom is 0.268 e. The lowest BCUT2D eigenvalue weighted by Gasteiger charge is -2.32. The summed E-state index contributed by atoms with van der Waals surface area (Å²) in [5.41, 5.74) is 6.80. The quantitative estimate of drug-likeness (QED) is 0.909. The normalized spacial score (nSPS) is 15.3. The molecule has 6 heteroatoms. The summed E-state index contributed by atoms with van der Waals surface area (Å²) in [7, 11) is 1.69. The second kappa shape index (κ2) is 7.29. The molecule has 2 N–H and O–H groups in total. The third kappa shape index (κ3) is 3.82. The number of piperidine rings is 1. The summed E-state index contributed by atoms with van der Waals surface area (Å²) in [5.74, 6) is 1.73. The van der Waals surface area contributed by atoms with Crippen LogP contribution in [0.2, 0.25) is 0 Å². The molecule has 1 aromatic carbocycles. The maximum absolute atomic E-state index is 11.2. The highest BCUT2D eigenvalue weighted by molar-refractivity contribution is 5.90. The Bertz CT molecular complexity index is 712. The van der Waals surface area contributed by atoms with Crippen LogP contribution in [0.25, 0.3) is 0 Å². The van der Waals surface area contributed by atoms with Crippen LogP contribution >= 0.6 is 0 Å². The van der Waals surface area contributed by atoms with E-state index < -0.39 is 5.91 Å². The van der Waals surface area contributed by atoms with Crippen LogP contribution in [-0.2, 0) is 6.42 Å². The molecule has 1 aliphatic heterocycles. The molecule has 1 aliphatic rings. The molecule has 1 fully saturated rings. The number of nitrogens with zero attached hydrogens (tertiary/aromatic N) is 3. The molecule has 0 spiro atoms. The second-order valence-electron chi connectivity index (χ2n) is 6.11. The molecular formula is C18H22N4O2. The van der Waals surface area contributed by atoms with Crippen molar-refractivity contribution in [3.63, 3.8) is 0 Å². The first-order valence-corrected chi connectivity index (χ1v) is 8.15. The summed E-state index contributed by atoms with van der Waals surface area (Å²) >= 11 is 0. The van der Waals surface area contributed by atoms with Gasteiger partial charge in [0.05, 0.1) is 19.5 Å². The fourth-order valence-corrected chi connectivity index (χ4v) is 3.13. The number of aromatic nitrogens is 2. The number of anilines is 1. The van der Waals surface area contributed by atoms with Gasteiger partial charge in [0, 0.05) is 13.1 Å². The van der Waals surface area contributed by atoms with E-state index in [1.165, 1.54) is 11.8 Å². The molecule has 0 saturated carbocycles. The Morgan fingerprint density at radius 2 is 2.12 bits per heavy atom. The number of amides is 1. The van der Waals surface area contributed by atoms with Crippen molar-refractivity contribution in [1.29, 1.82) is 0 Å². The molecule has 1 amide bonds. The molecule has 6 nitrogen and oxygen atoms in total. The van der Waals surface area contributed by atoms with E-state index in [1.807, 2.05) is 12.1 Å². The summed E-state index contributed by atoms with van der Waals surface area (Å²) in [6.45, 7) is 1.82. The molecular weight excluding hydrogens is 304 g/mol. The number of carbonyl (C=O) groups excluding carboxylic acids is 1. The molecule has 2 heterocycles. The zero-order valence-corrected chi connectivity index (χ0v) is 13.8. The zero-order chi connectivity index (χ0) is 16.9. The highest BCUT2D eigenvalue weighted by Crippen LogP contribution is 2.25. The van der Waals surface area contributed by atoms with Crippen LogP contribution in [0.1, 0.15) is 28.9 Å². The van der Waals surface area contributed by atoms with Crippen LogP contribution in [0.3, 0.4) is 0 Å². The summed E-state index contributed by atoms with van der Waals surface area (Å²) in [4.78, 5) is 21.8. The van der Waals surface area contributed by atoms with E-state index >= 15 is 0 Å². The van der Waals surface area contributed by atoms with Crippen molar-refractivity contribution < 1.29 is 9.53 Å². The van der Waals surface area contributed by atoms with Gasteiger partial charge in [0.15, 0.2) is 0 Å². The van der Waals surface area contributed by atoms with Crippen molar-refractivity contribution in [2.24, 2.45) is 11.7 Å². The summed E-state index contributed by atoms with van der Waals surface area (Å²) in [6.07, 6.45) is 6.31. The van der Waals surface area contributed by atoms with Crippen molar-refractivity contribution in [3.05, 3.63) is 47.9 Å². The fraction of sp³-hybridized carbons (Fsp3) is 0.389. The molecule has 24 heavy (non-hydrogen) atoms. The van der Waals surface area contributed by atoms with Crippen LogP contribution in [0.15, 0.2) is 36.7 Å². The van der Waals surface area contributed by atoms with Crippen LogP contribution in [0, 0.1) is 5.92 Å². The summed E-state index contributed by atoms with van der Waals surface area (Å²) in [6, 6.07) is 8.26. The minimum Gasteiger partial charge on any atom is -0.497 e. The average Bonchev–Trinajstić information content (AvgIpc) is 2.62. The number of hydrogen-bond donors (Lipinski definition) is 1. The molecule has 3 rings (SSSR count). The van der Waals surface area contributed by atoms with E-state index in [2.05, 4.69) is 27.0 Å². The first-order chi connectivity index (χ1) is 11.7. The van der Waals surface area contributed by atoms with Gasteiger partial charge in [-0.3, -0.25) is 9.78 Å². The predicted octanol–water partition coefficient (Wildman–Crippen LogP) is 2.04. The van der Waals surface area contributed by atoms with Gasteiger partial charge in [-0.2, -0.15) is 0 Å². The molecule has 126 valence electrons. The first-order valence-electron chi connectivity index (χ1n) is 8.15. The number of ether oxygens (including phenoxy) is 1. The van der Waals surface area contributed by atoms with Crippen molar-refractivity contribution in [1.82, 2.24) is 9.97 Å². The Balaban J connectivity index is 1.59. The van der Waals surface area contributed by atoms with Gasteiger partial charge >= 0.3 is 0 Å². The average molecular weight is 326 g/mol. The molecule has 0 atom stereocenters. The Morgan fingerprint density at radius 3 is 2.83 bits per heavy atom. The van der Waals surface area contributed by atoms with Crippen LogP contribution in [0.4, 0.5) is 5.82 Å². The molecule has 0 aliphatic carbocycles. The van der Waals surface area contributed by atoms with Gasteiger partial charge in [-0.1, -0.05) is 12.1 Å². The van der Waals surface area contributed by atoms with Gasteiger partial charge in [-0.05, 0) is 42.9 Å². The SMILES string of the molecule is COc1cccc(CC2CCN(c3cncc(C(N)=O)n3)CC2)c1. The van der Waals surface area contributed by atoms with Gasteiger partial charge in [-0.25, -0.2) is 4.98 Å². The lowest BCUT2D eigenvalue weighted by molar-refractivity contribution is 0.0995. The molecule has 0 radical (unpaired) electrons. The van der Waals surface area contributed by atoms with Crippen molar-refractivity contribution >= 4 is 11.7 Å². The Morgan fingerprint density at radius 1 is 1.33 bits per heavy atom. The lowest BCUT2D eigenvalue weighted by Crippen LogP contribution is -2.35. The first kappa shape index (κ1) is 16.2. The highest BCUT2D eigenvalue weighted by Gasteiger charge is 2.21. The van der Waals surface area contributed by atoms with Crippen molar-refractivity contribution in [3.8, 4) is 5.75 Å². The maximum atomic E-state index is 11.2. The molecule has 1 saturated heterocycles. The number of benzene rings is 1.